The summed E-state index contributed by atoms with van der Waals surface area (Å²) >= 11 is 12.0. The lowest BCUT2D eigenvalue weighted by molar-refractivity contribution is 0.628. The van der Waals surface area contributed by atoms with Crippen molar-refractivity contribution in [3.05, 3.63) is 63.4 Å². The minimum Gasteiger partial charge on any atom is -0.376 e. The number of rotatable bonds is 3. The summed E-state index contributed by atoms with van der Waals surface area (Å²) in [6.07, 6.45) is 0. The Labute approximate surface area is 122 Å². The van der Waals surface area contributed by atoms with Gasteiger partial charge in [-0.1, -0.05) is 53.0 Å². The van der Waals surface area contributed by atoms with Crippen LogP contribution in [0.4, 0.5) is 10.1 Å². The minimum absolute atomic E-state index is 0.0288. The molecule has 0 heterocycles. The van der Waals surface area contributed by atoms with Crippen LogP contribution in [0.3, 0.4) is 0 Å². The SMILES string of the molecule is Cc1ccc(C(C)Nc2c(Cl)cc(F)cc2Cl)cc1. The van der Waals surface area contributed by atoms with Gasteiger partial charge in [0.15, 0.2) is 0 Å². The molecule has 0 saturated heterocycles. The van der Waals surface area contributed by atoms with Crippen molar-refractivity contribution in [3.8, 4) is 0 Å². The average Bonchev–Trinajstić information content (AvgIpc) is 2.34. The molecule has 0 aliphatic rings. The van der Waals surface area contributed by atoms with Crippen LogP contribution in [-0.4, -0.2) is 0 Å². The third-order valence-electron chi connectivity index (χ3n) is 2.95. The van der Waals surface area contributed by atoms with Gasteiger partial charge < -0.3 is 5.32 Å². The summed E-state index contributed by atoms with van der Waals surface area (Å²) in [6.45, 7) is 4.04. The van der Waals surface area contributed by atoms with E-state index in [2.05, 4.69) is 5.32 Å². The molecule has 0 aliphatic carbocycles. The van der Waals surface area contributed by atoms with E-state index in [-0.39, 0.29) is 16.1 Å². The third-order valence-corrected chi connectivity index (χ3v) is 3.54. The molecule has 0 spiro atoms. The van der Waals surface area contributed by atoms with E-state index in [1.54, 1.807) is 0 Å². The molecule has 1 unspecified atom stereocenters. The van der Waals surface area contributed by atoms with Gasteiger partial charge in [0.05, 0.1) is 15.7 Å². The van der Waals surface area contributed by atoms with Crippen molar-refractivity contribution < 1.29 is 4.39 Å². The van der Waals surface area contributed by atoms with Gasteiger partial charge in [0.25, 0.3) is 0 Å². The molecule has 100 valence electrons. The smallest absolute Gasteiger partial charge is 0.126 e. The Morgan fingerprint density at radius 3 is 2.11 bits per heavy atom. The topological polar surface area (TPSA) is 12.0 Å². The summed E-state index contributed by atoms with van der Waals surface area (Å²) in [5.74, 6) is -0.441. The lowest BCUT2D eigenvalue weighted by Crippen LogP contribution is -2.07. The highest BCUT2D eigenvalue weighted by molar-refractivity contribution is 6.39. The molecule has 1 atom stereocenters. The molecule has 1 nitrogen and oxygen atoms in total. The highest BCUT2D eigenvalue weighted by atomic mass is 35.5. The van der Waals surface area contributed by atoms with E-state index in [4.69, 9.17) is 23.2 Å². The van der Waals surface area contributed by atoms with Crippen LogP contribution in [0.1, 0.15) is 24.1 Å². The Hall–Kier alpha value is -1.25. The second kappa shape index (κ2) is 5.81. The summed E-state index contributed by atoms with van der Waals surface area (Å²) < 4.78 is 13.1. The molecule has 0 bridgehead atoms. The third kappa shape index (κ3) is 3.40. The Morgan fingerprint density at radius 2 is 1.58 bits per heavy atom. The van der Waals surface area contributed by atoms with Gasteiger partial charge in [-0.2, -0.15) is 0 Å². The summed E-state index contributed by atoms with van der Waals surface area (Å²) in [7, 11) is 0. The van der Waals surface area contributed by atoms with Gasteiger partial charge in [0.1, 0.15) is 5.82 Å². The Balaban J connectivity index is 2.24. The Kier molecular flexibility index (Phi) is 4.33. The van der Waals surface area contributed by atoms with E-state index >= 15 is 0 Å². The monoisotopic (exact) mass is 297 g/mol. The largest absolute Gasteiger partial charge is 0.376 e. The fourth-order valence-electron chi connectivity index (χ4n) is 1.84. The molecule has 0 radical (unpaired) electrons. The van der Waals surface area contributed by atoms with Crippen LogP contribution in [0.2, 0.25) is 10.0 Å². The van der Waals surface area contributed by atoms with Gasteiger partial charge in [-0.3, -0.25) is 0 Å². The average molecular weight is 298 g/mol. The predicted octanol–water partition coefficient (Wildman–Crippen LogP) is 5.61. The molecule has 2 rings (SSSR count). The van der Waals surface area contributed by atoms with Crippen LogP contribution in [0.5, 0.6) is 0 Å². The predicted molar refractivity (Wildman–Crippen MR) is 79.6 cm³/mol. The van der Waals surface area contributed by atoms with E-state index < -0.39 is 5.82 Å². The summed E-state index contributed by atoms with van der Waals surface area (Å²) in [5, 5.41) is 3.77. The Bertz CT molecular complexity index is 558. The number of aryl methyl sites for hydroxylation is 1. The van der Waals surface area contributed by atoms with Crippen LogP contribution in [0.15, 0.2) is 36.4 Å². The maximum atomic E-state index is 13.1. The van der Waals surface area contributed by atoms with Gasteiger partial charge in [-0.15, -0.1) is 0 Å². The van der Waals surface area contributed by atoms with Gasteiger partial charge in [0, 0.05) is 6.04 Å². The highest BCUT2D eigenvalue weighted by Gasteiger charge is 2.12. The maximum Gasteiger partial charge on any atom is 0.126 e. The molecule has 0 aromatic heterocycles. The van der Waals surface area contributed by atoms with Crippen LogP contribution in [0, 0.1) is 12.7 Å². The van der Waals surface area contributed by atoms with E-state index in [0.29, 0.717) is 5.69 Å². The quantitative estimate of drug-likeness (QED) is 0.776. The van der Waals surface area contributed by atoms with Crippen LogP contribution >= 0.6 is 23.2 Å². The second-order valence-corrected chi connectivity index (χ2v) is 5.34. The molecule has 4 heteroatoms. The standard InChI is InChI=1S/C15H14Cl2FN/c1-9-3-5-11(6-4-9)10(2)19-15-13(16)7-12(18)8-14(15)17/h3-8,10,19H,1-2H3. The first-order chi connectivity index (χ1) is 8.97. The van der Waals surface area contributed by atoms with Gasteiger partial charge >= 0.3 is 0 Å². The van der Waals surface area contributed by atoms with Crippen LogP contribution in [-0.2, 0) is 0 Å². The summed E-state index contributed by atoms with van der Waals surface area (Å²) in [5.41, 5.74) is 2.87. The van der Waals surface area contributed by atoms with E-state index in [9.17, 15) is 4.39 Å². The van der Waals surface area contributed by atoms with Gasteiger partial charge in [-0.25, -0.2) is 4.39 Å². The molecule has 0 fully saturated rings. The number of benzene rings is 2. The first-order valence-electron chi connectivity index (χ1n) is 5.95. The van der Waals surface area contributed by atoms with Crippen molar-refractivity contribution in [3.63, 3.8) is 0 Å². The molecule has 0 saturated carbocycles. The van der Waals surface area contributed by atoms with Crippen molar-refractivity contribution in [2.75, 3.05) is 5.32 Å². The molecule has 0 aliphatic heterocycles. The lowest BCUT2D eigenvalue weighted by atomic mass is 10.1. The summed E-state index contributed by atoms with van der Waals surface area (Å²) in [6, 6.07) is 10.7. The zero-order chi connectivity index (χ0) is 14.0. The van der Waals surface area contributed by atoms with E-state index in [1.807, 2.05) is 38.1 Å². The lowest BCUT2D eigenvalue weighted by Gasteiger charge is -2.18. The number of nitrogens with one attached hydrogen (secondary N) is 1. The van der Waals surface area contributed by atoms with Crippen LogP contribution < -0.4 is 5.32 Å². The summed E-state index contributed by atoms with van der Waals surface area (Å²) in [4.78, 5) is 0. The Morgan fingerprint density at radius 1 is 1.05 bits per heavy atom. The fourth-order valence-corrected chi connectivity index (χ4v) is 2.40. The second-order valence-electron chi connectivity index (χ2n) is 4.52. The van der Waals surface area contributed by atoms with Crippen molar-refractivity contribution in [1.82, 2.24) is 0 Å². The molecule has 1 N–H and O–H groups in total. The van der Waals surface area contributed by atoms with Crippen molar-refractivity contribution >= 4 is 28.9 Å². The van der Waals surface area contributed by atoms with Crippen molar-refractivity contribution in [2.24, 2.45) is 0 Å². The highest BCUT2D eigenvalue weighted by Crippen LogP contribution is 2.34. The zero-order valence-corrected chi connectivity index (χ0v) is 12.2. The normalized spacial score (nSPS) is 12.3. The van der Waals surface area contributed by atoms with Crippen LogP contribution in [0.25, 0.3) is 0 Å². The molecule has 0 amide bonds. The molecule has 2 aromatic rings. The van der Waals surface area contributed by atoms with Gasteiger partial charge in [-0.05, 0) is 31.5 Å². The van der Waals surface area contributed by atoms with Gasteiger partial charge in [0.2, 0.25) is 0 Å². The number of hydrogen-bond acceptors (Lipinski definition) is 1. The van der Waals surface area contributed by atoms with E-state index in [0.717, 1.165) is 5.56 Å². The number of hydrogen-bond donors (Lipinski definition) is 1. The van der Waals surface area contributed by atoms with E-state index in [1.165, 1.54) is 17.7 Å². The van der Waals surface area contributed by atoms with Crippen molar-refractivity contribution in [2.45, 2.75) is 19.9 Å². The fraction of sp³-hybridized carbons (Fsp3) is 0.200. The molecule has 19 heavy (non-hydrogen) atoms. The maximum absolute atomic E-state index is 13.1. The first kappa shape index (κ1) is 14.2. The molecule has 2 aromatic carbocycles. The number of halogens is 3. The number of anilines is 1. The zero-order valence-electron chi connectivity index (χ0n) is 10.7. The molecular weight excluding hydrogens is 284 g/mol. The van der Waals surface area contributed by atoms with Crippen molar-refractivity contribution in [1.29, 1.82) is 0 Å². The minimum atomic E-state index is -0.441. The molecular formula is C15H14Cl2FN. The first-order valence-corrected chi connectivity index (χ1v) is 6.70.